The quantitative estimate of drug-likeness (QED) is 0.193. The molecule has 2 nitrogen and oxygen atoms in total. The van der Waals surface area contributed by atoms with E-state index in [1.54, 1.807) is 0 Å². The fourth-order valence-electron chi connectivity index (χ4n) is 7.83. The summed E-state index contributed by atoms with van der Waals surface area (Å²) in [6, 6.07) is 26.7. The molecular weight excluding hydrogens is 472 g/mol. The number of hydrogen-bond acceptors (Lipinski definition) is 1. The zero-order chi connectivity index (χ0) is 27.1. The van der Waals surface area contributed by atoms with Crippen LogP contribution in [0.25, 0.3) is 49.1 Å². The maximum Gasteiger partial charge on any atom is 0.195 e. The van der Waals surface area contributed by atoms with E-state index in [1.165, 1.54) is 55.6 Å². The molecule has 0 fully saturated rings. The average Bonchev–Trinajstić information content (AvgIpc) is 3.40. The largest absolute Gasteiger partial charge is 0.251 e. The monoisotopic (exact) mass is 502 g/mol. The predicted octanol–water partition coefficient (Wildman–Crippen LogP) is 9.70. The maximum atomic E-state index is 7.87. The molecule has 188 valence electrons. The molecule has 0 atom stereocenters. The molecule has 0 saturated heterocycles. The van der Waals surface area contributed by atoms with Crippen LogP contribution < -0.4 is 0 Å². The molecule has 0 radical (unpaired) electrons. The Labute approximate surface area is 230 Å². The lowest BCUT2D eigenvalue weighted by atomic mass is 9.79. The summed E-state index contributed by atoms with van der Waals surface area (Å²) < 4.78 is 0. The van der Waals surface area contributed by atoms with Crippen LogP contribution in [0.3, 0.4) is 0 Å². The van der Waals surface area contributed by atoms with Crippen molar-refractivity contribution < 1.29 is 0 Å². The third kappa shape index (κ3) is 2.55. The van der Waals surface area contributed by atoms with Gasteiger partial charge in [0.2, 0.25) is 0 Å². The molecule has 3 aliphatic rings. The number of rotatable bonds is 0. The first-order chi connectivity index (χ1) is 18.6. The Kier molecular flexibility index (Phi) is 3.99. The van der Waals surface area contributed by atoms with Gasteiger partial charge in [0, 0.05) is 27.4 Å². The SMILES string of the molecule is [C-]#[N+]c1cc2c(c3ccccc13)-c1cc3c(nc1C2(C)C)-c1cc2c(cc1C3(C)C)-c1ccccc1C2(C)C. The minimum absolute atomic E-state index is 0.0465. The standard InChI is InChI=1S/C37H30N2/c1-35(2)26-15-11-10-12-20(26)23-16-28-24(17-27(23)35)33-30(36(28,3)4)18-25-32-22-14-9-8-13-21(22)31(38-7)19-29(32)37(5,6)34(25)39-33/h8-19H,1-6H3. The summed E-state index contributed by atoms with van der Waals surface area (Å²) in [4.78, 5) is 9.46. The van der Waals surface area contributed by atoms with Gasteiger partial charge in [0.15, 0.2) is 5.69 Å². The highest BCUT2D eigenvalue weighted by molar-refractivity contribution is 6.08. The van der Waals surface area contributed by atoms with E-state index in [1.807, 2.05) is 6.07 Å². The zero-order valence-corrected chi connectivity index (χ0v) is 23.3. The highest BCUT2D eigenvalue weighted by atomic mass is 14.8. The second-order valence-electron chi connectivity index (χ2n) is 13.1. The van der Waals surface area contributed by atoms with E-state index in [0.29, 0.717) is 0 Å². The Morgan fingerprint density at radius 3 is 1.95 bits per heavy atom. The van der Waals surface area contributed by atoms with Gasteiger partial charge in [0.05, 0.1) is 18.0 Å². The molecule has 0 saturated carbocycles. The van der Waals surface area contributed by atoms with Crippen molar-refractivity contribution in [2.24, 2.45) is 0 Å². The minimum atomic E-state index is -0.289. The second-order valence-corrected chi connectivity index (χ2v) is 13.1. The van der Waals surface area contributed by atoms with Crippen LogP contribution in [0.15, 0.2) is 72.8 Å². The fourth-order valence-corrected chi connectivity index (χ4v) is 7.83. The van der Waals surface area contributed by atoms with Crippen molar-refractivity contribution in [3.05, 3.63) is 118 Å². The molecule has 0 unspecified atom stereocenters. The van der Waals surface area contributed by atoms with Gasteiger partial charge in [0.25, 0.3) is 0 Å². The third-order valence-electron chi connectivity index (χ3n) is 10.0. The van der Waals surface area contributed by atoms with Gasteiger partial charge >= 0.3 is 0 Å². The third-order valence-corrected chi connectivity index (χ3v) is 10.0. The molecule has 0 N–H and O–H groups in total. The molecule has 39 heavy (non-hydrogen) atoms. The molecule has 1 heterocycles. The summed E-state index contributed by atoms with van der Waals surface area (Å²) in [5.41, 5.74) is 15.6. The first kappa shape index (κ1) is 22.7. The molecule has 0 aliphatic heterocycles. The predicted molar refractivity (Wildman–Crippen MR) is 161 cm³/mol. The summed E-state index contributed by atoms with van der Waals surface area (Å²) >= 11 is 0. The lowest BCUT2D eigenvalue weighted by Gasteiger charge is -2.24. The highest BCUT2D eigenvalue weighted by Crippen LogP contribution is 2.59. The first-order valence-corrected chi connectivity index (χ1v) is 13.9. The molecule has 2 heteroatoms. The van der Waals surface area contributed by atoms with E-state index in [9.17, 15) is 0 Å². The van der Waals surface area contributed by atoms with Crippen LogP contribution in [0.1, 0.15) is 75.1 Å². The van der Waals surface area contributed by atoms with Crippen LogP contribution in [0.5, 0.6) is 0 Å². The Bertz CT molecular complexity index is 2000. The van der Waals surface area contributed by atoms with Gasteiger partial charge in [-0.25, -0.2) is 4.85 Å². The van der Waals surface area contributed by atoms with Gasteiger partial charge in [-0.15, -0.1) is 0 Å². The molecule has 5 aromatic rings. The lowest BCUT2D eigenvalue weighted by molar-refractivity contribution is 0.632. The van der Waals surface area contributed by atoms with Gasteiger partial charge in [-0.1, -0.05) is 96.1 Å². The number of hydrogen-bond donors (Lipinski definition) is 0. The summed E-state index contributed by atoms with van der Waals surface area (Å²) in [7, 11) is 0. The summed E-state index contributed by atoms with van der Waals surface area (Å²) in [5.74, 6) is 0. The van der Waals surface area contributed by atoms with Crippen LogP contribution >= 0.6 is 0 Å². The van der Waals surface area contributed by atoms with E-state index < -0.39 is 0 Å². The molecule has 4 aromatic carbocycles. The molecular formula is C37H30N2. The number of benzene rings is 4. The number of pyridine rings is 1. The van der Waals surface area contributed by atoms with Crippen LogP contribution in [-0.2, 0) is 16.2 Å². The van der Waals surface area contributed by atoms with Crippen LogP contribution in [0.2, 0.25) is 0 Å². The second kappa shape index (κ2) is 6.85. The van der Waals surface area contributed by atoms with Crippen molar-refractivity contribution in [3.8, 4) is 33.5 Å². The van der Waals surface area contributed by atoms with Crippen molar-refractivity contribution in [3.63, 3.8) is 0 Å². The van der Waals surface area contributed by atoms with Crippen molar-refractivity contribution in [2.45, 2.75) is 57.8 Å². The van der Waals surface area contributed by atoms with E-state index >= 15 is 0 Å². The van der Waals surface area contributed by atoms with Crippen LogP contribution in [-0.4, -0.2) is 4.98 Å². The van der Waals surface area contributed by atoms with E-state index in [2.05, 4.69) is 113 Å². The average molecular weight is 503 g/mol. The highest BCUT2D eigenvalue weighted by Gasteiger charge is 2.45. The molecule has 0 bridgehead atoms. The van der Waals surface area contributed by atoms with Crippen LogP contribution in [0.4, 0.5) is 5.69 Å². The maximum absolute atomic E-state index is 7.87. The fraction of sp³-hybridized carbons (Fsp3) is 0.243. The van der Waals surface area contributed by atoms with E-state index in [0.717, 1.165) is 27.8 Å². The summed E-state index contributed by atoms with van der Waals surface area (Å²) in [6.07, 6.45) is 0. The van der Waals surface area contributed by atoms with Crippen molar-refractivity contribution in [1.29, 1.82) is 0 Å². The van der Waals surface area contributed by atoms with Crippen LogP contribution in [0, 0.1) is 6.57 Å². The molecule has 1 aromatic heterocycles. The Balaban J connectivity index is 1.42. The van der Waals surface area contributed by atoms with Crippen molar-refractivity contribution >= 4 is 16.5 Å². The molecule has 0 amide bonds. The van der Waals surface area contributed by atoms with Gasteiger partial charge < -0.3 is 0 Å². The van der Waals surface area contributed by atoms with E-state index in [4.69, 9.17) is 11.6 Å². The zero-order valence-electron chi connectivity index (χ0n) is 23.3. The normalized spacial score (nSPS) is 17.6. The smallest absolute Gasteiger partial charge is 0.195 e. The topological polar surface area (TPSA) is 17.2 Å². The molecule has 8 rings (SSSR count). The van der Waals surface area contributed by atoms with Gasteiger partial charge in [-0.3, -0.25) is 4.98 Å². The molecule has 0 spiro atoms. The minimum Gasteiger partial charge on any atom is -0.251 e. The molecule has 3 aliphatic carbocycles. The van der Waals surface area contributed by atoms with Gasteiger partial charge in [-0.2, -0.15) is 0 Å². The Morgan fingerprint density at radius 1 is 0.564 bits per heavy atom. The van der Waals surface area contributed by atoms with Gasteiger partial charge in [0.1, 0.15) is 0 Å². The first-order valence-electron chi connectivity index (χ1n) is 13.9. The van der Waals surface area contributed by atoms with Gasteiger partial charge in [-0.05, 0) is 73.5 Å². The number of aromatic nitrogens is 1. The summed E-state index contributed by atoms with van der Waals surface area (Å²) in [6.45, 7) is 21.8. The summed E-state index contributed by atoms with van der Waals surface area (Å²) in [5, 5.41) is 2.18. The number of fused-ring (bicyclic) bond motifs is 11. The van der Waals surface area contributed by atoms with Crippen molar-refractivity contribution in [2.75, 3.05) is 0 Å². The number of nitrogens with zero attached hydrogens (tertiary/aromatic N) is 2. The Hall–Kier alpha value is -4.22. The van der Waals surface area contributed by atoms with Crippen molar-refractivity contribution in [1.82, 2.24) is 4.98 Å². The van der Waals surface area contributed by atoms with E-state index in [-0.39, 0.29) is 16.2 Å². The Morgan fingerprint density at radius 2 is 1.18 bits per heavy atom. The lowest BCUT2D eigenvalue weighted by Crippen LogP contribution is -2.18.